The molecule has 0 spiro atoms. The molecular weight excluding hydrogens is 296 g/mol. The maximum absolute atomic E-state index is 12.0. The van der Waals surface area contributed by atoms with E-state index in [9.17, 15) is 9.59 Å². The summed E-state index contributed by atoms with van der Waals surface area (Å²) in [4.78, 5) is 27.1. The number of H-pyrrole nitrogens is 1. The molecule has 0 saturated carbocycles. The van der Waals surface area contributed by atoms with Gasteiger partial charge in [0.25, 0.3) is 5.91 Å². The van der Waals surface area contributed by atoms with Crippen molar-refractivity contribution in [1.29, 1.82) is 0 Å². The van der Waals surface area contributed by atoms with E-state index in [1.165, 1.54) is 16.7 Å². The summed E-state index contributed by atoms with van der Waals surface area (Å²) in [5, 5.41) is 8.96. The molecule has 2 heterocycles. The average Bonchev–Trinajstić information content (AvgIpc) is 2.84. The van der Waals surface area contributed by atoms with Crippen molar-refractivity contribution >= 4 is 39.6 Å². The van der Waals surface area contributed by atoms with Crippen LogP contribution in [0.5, 0.6) is 0 Å². The van der Waals surface area contributed by atoms with Gasteiger partial charge in [-0.25, -0.2) is 4.79 Å². The maximum Gasteiger partial charge on any atom is 0.327 e. The number of aromatic nitrogens is 1. The Morgan fingerprint density at radius 3 is 2.94 bits per heavy atom. The molecule has 2 N–H and O–H groups in total. The predicted molar refractivity (Wildman–Crippen MR) is 63.4 cm³/mol. The van der Waals surface area contributed by atoms with Crippen molar-refractivity contribution < 1.29 is 14.7 Å². The number of halogens is 1. The normalized spacial score (nSPS) is 20.1. The fourth-order valence-corrected chi connectivity index (χ4v) is 2.98. The van der Waals surface area contributed by atoms with Crippen molar-refractivity contribution in [3.05, 3.63) is 22.4 Å². The number of nitrogens with one attached hydrogen (secondary N) is 1. The molecular formula is C9H9BrN2O3S. The topological polar surface area (TPSA) is 73.4 Å². The third-order valence-corrected chi connectivity index (χ3v) is 3.78. The van der Waals surface area contributed by atoms with E-state index in [-0.39, 0.29) is 5.91 Å². The smallest absolute Gasteiger partial charge is 0.327 e. The van der Waals surface area contributed by atoms with Crippen LogP contribution in [0, 0.1) is 0 Å². The number of rotatable bonds is 2. The number of aromatic amines is 1. The number of thioether (sulfide) groups is 1. The maximum atomic E-state index is 12.0. The molecule has 2 rings (SSSR count). The molecule has 1 fully saturated rings. The van der Waals surface area contributed by atoms with Gasteiger partial charge < -0.3 is 15.0 Å². The summed E-state index contributed by atoms with van der Waals surface area (Å²) >= 11 is 4.68. The summed E-state index contributed by atoms with van der Waals surface area (Å²) in [5.74, 6) is -0.359. The summed E-state index contributed by atoms with van der Waals surface area (Å²) < 4.78 is 0.773. The van der Waals surface area contributed by atoms with E-state index in [0.717, 1.165) is 4.47 Å². The van der Waals surface area contributed by atoms with Crippen LogP contribution in [0.4, 0.5) is 0 Å². The number of nitrogens with zero attached hydrogens (tertiary/aromatic N) is 1. The van der Waals surface area contributed by atoms with E-state index in [2.05, 4.69) is 20.9 Å². The molecule has 0 radical (unpaired) electrons. The zero-order valence-corrected chi connectivity index (χ0v) is 10.5. The quantitative estimate of drug-likeness (QED) is 0.865. The molecule has 0 bridgehead atoms. The lowest BCUT2D eigenvalue weighted by molar-refractivity contribution is -0.140. The first-order valence-corrected chi connectivity index (χ1v) is 6.50. The molecule has 1 aromatic heterocycles. The molecule has 0 aromatic carbocycles. The lowest BCUT2D eigenvalue weighted by atomic mass is 10.2. The minimum atomic E-state index is -0.955. The Hall–Kier alpha value is -0.950. The van der Waals surface area contributed by atoms with Crippen LogP contribution in [-0.2, 0) is 4.79 Å². The lowest BCUT2D eigenvalue weighted by Crippen LogP contribution is -2.41. The summed E-state index contributed by atoms with van der Waals surface area (Å²) in [5.41, 5.74) is 0.403. The molecule has 86 valence electrons. The van der Waals surface area contributed by atoms with Crippen LogP contribution in [0.3, 0.4) is 0 Å². The highest BCUT2D eigenvalue weighted by molar-refractivity contribution is 9.10. The van der Waals surface area contributed by atoms with Gasteiger partial charge in [-0.15, -0.1) is 11.8 Å². The second-order valence-corrected chi connectivity index (χ2v) is 5.28. The molecule has 7 heteroatoms. The first-order chi connectivity index (χ1) is 7.59. The largest absolute Gasteiger partial charge is 0.480 e. The van der Waals surface area contributed by atoms with Gasteiger partial charge in [0, 0.05) is 16.4 Å². The van der Waals surface area contributed by atoms with Crippen LogP contribution in [0.2, 0.25) is 0 Å². The van der Waals surface area contributed by atoms with Gasteiger partial charge >= 0.3 is 5.97 Å². The van der Waals surface area contributed by atoms with Crippen LogP contribution in [0.15, 0.2) is 16.7 Å². The van der Waals surface area contributed by atoms with E-state index in [0.29, 0.717) is 17.3 Å². The van der Waals surface area contributed by atoms with E-state index >= 15 is 0 Å². The Labute approximate surface area is 104 Å². The number of amides is 1. The third-order valence-electron chi connectivity index (χ3n) is 2.31. The molecule has 1 amide bonds. The van der Waals surface area contributed by atoms with Gasteiger partial charge in [0.05, 0.1) is 5.88 Å². The number of hydrogen-bond acceptors (Lipinski definition) is 3. The molecule has 0 aliphatic carbocycles. The number of carboxylic acid groups (broad SMARTS) is 1. The molecule has 1 saturated heterocycles. The Morgan fingerprint density at radius 1 is 1.62 bits per heavy atom. The summed E-state index contributed by atoms with van der Waals surface area (Å²) in [7, 11) is 0. The van der Waals surface area contributed by atoms with Crippen LogP contribution >= 0.6 is 27.7 Å². The number of hydrogen-bond donors (Lipinski definition) is 2. The second-order valence-electron chi connectivity index (χ2n) is 3.36. The highest BCUT2D eigenvalue weighted by atomic mass is 79.9. The SMILES string of the molecule is O=C(O)[C@@H]1CSCN1C(=O)c1cc(Br)c[nH]1. The van der Waals surface area contributed by atoms with Gasteiger partial charge in [-0.1, -0.05) is 0 Å². The van der Waals surface area contributed by atoms with Gasteiger partial charge in [0.1, 0.15) is 11.7 Å². The predicted octanol–water partition coefficient (Wildman–Crippen LogP) is 1.38. The summed E-state index contributed by atoms with van der Waals surface area (Å²) in [6.45, 7) is 0. The fraction of sp³-hybridized carbons (Fsp3) is 0.333. The van der Waals surface area contributed by atoms with Crippen molar-refractivity contribution in [3.8, 4) is 0 Å². The highest BCUT2D eigenvalue weighted by Gasteiger charge is 2.35. The monoisotopic (exact) mass is 304 g/mol. The minimum absolute atomic E-state index is 0.275. The average molecular weight is 305 g/mol. The van der Waals surface area contributed by atoms with E-state index < -0.39 is 12.0 Å². The van der Waals surface area contributed by atoms with Crippen LogP contribution in [0.25, 0.3) is 0 Å². The Bertz CT molecular complexity index is 434. The van der Waals surface area contributed by atoms with Crippen LogP contribution in [-0.4, -0.2) is 44.5 Å². The minimum Gasteiger partial charge on any atom is -0.480 e. The molecule has 1 aliphatic rings. The lowest BCUT2D eigenvalue weighted by Gasteiger charge is -2.19. The van der Waals surface area contributed by atoms with Gasteiger partial charge in [-0.2, -0.15) is 0 Å². The van der Waals surface area contributed by atoms with E-state index in [1.54, 1.807) is 12.3 Å². The van der Waals surface area contributed by atoms with Gasteiger partial charge in [0.2, 0.25) is 0 Å². The zero-order valence-electron chi connectivity index (χ0n) is 8.14. The molecule has 0 unspecified atom stereocenters. The second kappa shape index (κ2) is 4.50. The molecule has 1 aliphatic heterocycles. The van der Waals surface area contributed by atoms with Crippen molar-refractivity contribution in [3.63, 3.8) is 0 Å². The van der Waals surface area contributed by atoms with Gasteiger partial charge in [-0.3, -0.25) is 4.79 Å². The van der Waals surface area contributed by atoms with Gasteiger partial charge in [0.15, 0.2) is 0 Å². The zero-order chi connectivity index (χ0) is 11.7. The van der Waals surface area contributed by atoms with E-state index in [1.807, 2.05) is 0 Å². The third kappa shape index (κ3) is 2.10. The fourth-order valence-electron chi connectivity index (χ4n) is 1.49. The Kier molecular flexibility index (Phi) is 3.25. The standard InChI is InChI=1S/C9H9BrN2O3S/c10-5-1-6(11-2-5)8(13)12-4-16-3-7(12)9(14)15/h1-2,7,11H,3-4H2,(H,14,15)/t7-/m0/s1. The van der Waals surface area contributed by atoms with Crippen molar-refractivity contribution in [2.45, 2.75) is 6.04 Å². The van der Waals surface area contributed by atoms with Crippen LogP contribution in [0.1, 0.15) is 10.5 Å². The molecule has 1 aromatic rings. The van der Waals surface area contributed by atoms with Crippen molar-refractivity contribution in [2.24, 2.45) is 0 Å². The number of carboxylic acids is 1. The van der Waals surface area contributed by atoms with Gasteiger partial charge in [-0.05, 0) is 22.0 Å². The van der Waals surface area contributed by atoms with E-state index in [4.69, 9.17) is 5.11 Å². The van der Waals surface area contributed by atoms with Crippen molar-refractivity contribution in [1.82, 2.24) is 9.88 Å². The summed E-state index contributed by atoms with van der Waals surface area (Å²) in [6.07, 6.45) is 1.65. The molecule has 16 heavy (non-hydrogen) atoms. The highest BCUT2D eigenvalue weighted by Crippen LogP contribution is 2.23. The molecule has 5 nitrogen and oxygen atoms in total. The summed E-state index contributed by atoms with van der Waals surface area (Å²) in [6, 6.07) is 0.920. The number of carbonyl (C=O) groups excluding carboxylic acids is 1. The molecule has 1 atom stereocenters. The first-order valence-electron chi connectivity index (χ1n) is 4.55. The van der Waals surface area contributed by atoms with Crippen LogP contribution < -0.4 is 0 Å². The Balaban J connectivity index is 2.18. The number of aliphatic carboxylic acids is 1. The van der Waals surface area contributed by atoms with Crippen molar-refractivity contribution in [2.75, 3.05) is 11.6 Å². The number of carbonyl (C=O) groups is 2. The first kappa shape index (κ1) is 11.5. The Morgan fingerprint density at radius 2 is 2.38 bits per heavy atom.